The van der Waals surface area contributed by atoms with Crippen molar-refractivity contribution in [1.29, 1.82) is 0 Å². The molecular formula is C18H18FNO3. The quantitative estimate of drug-likeness (QED) is 0.797. The summed E-state index contributed by atoms with van der Waals surface area (Å²) in [6, 6.07) is 15.5. The fourth-order valence-corrected chi connectivity index (χ4v) is 1.99. The number of ether oxygens (including phenoxy) is 1. The van der Waals surface area contributed by atoms with E-state index < -0.39 is 17.7 Å². The van der Waals surface area contributed by atoms with Gasteiger partial charge in [0.2, 0.25) is 5.91 Å². The number of para-hydroxylation sites is 1. The number of anilines is 1. The number of benzene rings is 2. The van der Waals surface area contributed by atoms with Crippen LogP contribution in [0.25, 0.3) is 0 Å². The molecule has 0 heterocycles. The van der Waals surface area contributed by atoms with Crippen LogP contribution in [-0.4, -0.2) is 18.5 Å². The number of hydrogen-bond donors (Lipinski definition) is 1. The Kier molecular flexibility index (Phi) is 6.29. The number of carbonyl (C=O) groups excluding carboxylic acids is 2. The van der Waals surface area contributed by atoms with Gasteiger partial charge in [-0.2, -0.15) is 0 Å². The van der Waals surface area contributed by atoms with Gasteiger partial charge in [0.25, 0.3) is 0 Å². The van der Waals surface area contributed by atoms with Gasteiger partial charge in [-0.15, -0.1) is 0 Å². The van der Waals surface area contributed by atoms with Gasteiger partial charge in [0.15, 0.2) is 0 Å². The van der Waals surface area contributed by atoms with Gasteiger partial charge in [-0.05, 0) is 17.7 Å². The number of halogens is 1. The number of rotatable bonds is 7. The Morgan fingerprint density at radius 1 is 0.957 bits per heavy atom. The minimum Gasteiger partial charge on any atom is -0.465 e. The molecular weight excluding hydrogens is 297 g/mol. The first kappa shape index (κ1) is 16.7. The topological polar surface area (TPSA) is 55.4 Å². The molecule has 0 saturated carbocycles. The number of amides is 1. The van der Waals surface area contributed by atoms with Crippen molar-refractivity contribution >= 4 is 17.6 Å². The molecule has 0 atom stereocenters. The van der Waals surface area contributed by atoms with E-state index >= 15 is 0 Å². The van der Waals surface area contributed by atoms with E-state index in [4.69, 9.17) is 4.74 Å². The summed E-state index contributed by atoms with van der Waals surface area (Å²) >= 11 is 0. The molecule has 0 spiro atoms. The summed E-state index contributed by atoms with van der Waals surface area (Å²) in [6.45, 7) is 0.276. The predicted octanol–water partition coefficient (Wildman–Crippen LogP) is 3.33. The summed E-state index contributed by atoms with van der Waals surface area (Å²) in [5.41, 5.74) is 1.19. The molecule has 0 radical (unpaired) electrons. The maximum Gasteiger partial charge on any atom is 0.306 e. The lowest BCUT2D eigenvalue weighted by molar-refractivity contribution is -0.144. The highest BCUT2D eigenvalue weighted by molar-refractivity contribution is 5.92. The lowest BCUT2D eigenvalue weighted by Gasteiger charge is -2.07. The SMILES string of the molecule is O=C(CCC(=O)OCCc1ccccc1)Nc1ccccc1F. The first-order valence-electron chi connectivity index (χ1n) is 7.39. The van der Waals surface area contributed by atoms with Gasteiger partial charge in [0.1, 0.15) is 5.82 Å². The second kappa shape index (κ2) is 8.68. The molecule has 1 amide bonds. The van der Waals surface area contributed by atoms with E-state index in [2.05, 4.69) is 5.32 Å². The van der Waals surface area contributed by atoms with Crippen LogP contribution in [0.15, 0.2) is 54.6 Å². The molecule has 5 heteroatoms. The Labute approximate surface area is 134 Å². The third-order valence-corrected chi connectivity index (χ3v) is 3.20. The van der Waals surface area contributed by atoms with Crippen LogP contribution in [0.2, 0.25) is 0 Å². The Morgan fingerprint density at radius 2 is 1.65 bits per heavy atom. The summed E-state index contributed by atoms with van der Waals surface area (Å²) < 4.78 is 18.4. The Morgan fingerprint density at radius 3 is 2.39 bits per heavy atom. The molecule has 0 saturated heterocycles. The maximum absolute atomic E-state index is 13.4. The van der Waals surface area contributed by atoms with Crippen molar-refractivity contribution in [3.63, 3.8) is 0 Å². The highest BCUT2D eigenvalue weighted by Crippen LogP contribution is 2.12. The lowest BCUT2D eigenvalue weighted by atomic mass is 10.2. The van der Waals surface area contributed by atoms with Crippen LogP contribution < -0.4 is 5.32 Å². The Hall–Kier alpha value is -2.69. The summed E-state index contributed by atoms with van der Waals surface area (Å²) in [4.78, 5) is 23.3. The molecule has 0 fully saturated rings. The molecule has 120 valence electrons. The summed E-state index contributed by atoms with van der Waals surface area (Å²) in [5, 5.41) is 2.43. The largest absolute Gasteiger partial charge is 0.465 e. The van der Waals surface area contributed by atoms with Gasteiger partial charge in [0.05, 0.1) is 18.7 Å². The van der Waals surface area contributed by atoms with E-state index in [1.54, 1.807) is 6.07 Å². The number of hydrogen-bond acceptors (Lipinski definition) is 3. The second-order valence-electron chi connectivity index (χ2n) is 4.98. The van der Waals surface area contributed by atoms with Gasteiger partial charge in [-0.25, -0.2) is 4.39 Å². The van der Waals surface area contributed by atoms with Crippen molar-refractivity contribution in [3.05, 3.63) is 66.0 Å². The van der Waals surface area contributed by atoms with E-state index in [9.17, 15) is 14.0 Å². The molecule has 0 aromatic heterocycles. The zero-order valence-electron chi connectivity index (χ0n) is 12.6. The van der Waals surface area contributed by atoms with Crippen molar-refractivity contribution in [2.24, 2.45) is 0 Å². The highest BCUT2D eigenvalue weighted by atomic mass is 19.1. The molecule has 0 bridgehead atoms. The van der Waals surface area contributed by atoms with Gasteiger partial charge >= 0.3 is 5.97 Å². The van der Waals surface area contributed by atoms with Crippen molar-refractivity contribution in [3.8, 4) is 0 Å². The predicted molar refractivity (Wildman–Crippen MR) is 85.4 cm³/mol. The fraction of sp³-hybridized carbons (Fsp3) is 0.222. The highest BCUT2D eigenvalue weighted by Gasteiger charge is 2.10. The molecule has 0 unspecified atom stereocenters. The third kappa shape index (κ3) is 5.90. The summed E-state index contributed by atoms with van der Waals surface area (Å²) in [7, 11) is 0. The standard InChI is InChI=1S/C18H18FNO3/c19-15-8-4-5-9-16(15)20-17(21)10-11-18(22)23-13-12-14-6-2-1-3-7-14/h1-9H,10-13H2,(H,20,21). The van der Waals surface area contributed by atoms with Gasteiger partial charge in [-0.1, -0.05) is 42.5 Å². The minimum absolute atomic E-state index is 0.0327. The second-order valence-corrected chi connectivity index (χ2v) is 4.98. The van der Waals surface area contributed by atoms with Crippen molar-refractivity contribution in [2.45, 2.75) is 19.3 Å². The first-order chi connectivity index (χ1) is 11.1. The zero-order valence-corrected chi connectivity index (χ0v) is 12.6. The molecule has 23 heavy (non-hydrogen) atoms. The molecule has 1 N–H and O–H groups in total. The van der Waals surface area contributed by atoms with Gasteiger partial charge < -0.3 is 10.1 Å². The Bertz CT molecular complexity index is 658. The van der Waals surface area contributed by atoms with Crippen molar-refractivity contribution in [1.82, 2.24) is 0 Å². The summed E-state index contributed by atoms with van der Waals surface area (Å²) in [6.07, 6.45) is 0.557. The van der Waals surface area contributed by atoms with E-state index in [0.717, 1.165) is 5.56 Å². The van der Waals surface area contributed by atoms with Crippen molar-refractivity contribution in [2.75, 3.05) is 11.9 Å². The van der Waals surface area contributed by atoms with Crippen LogP contribution in [0.3, 0.4) is 0 Å². The molecule has 2 aromatic rings. The number of nitrogens with one attached hydrogen (secondary N) is 1. The molecule has 0 aliphatic rings. The molecule has 2 aromatic carbocycles. The number of esters is 1. The van der Waals surface area contributed by atoms with Crippen LogP contribution in [0.5, 0.6) is 0 Å². The smallest absolute Gasteiger partial charge is 0.306 e. The van der Waals surface area contributed by atoms with E-state index in [1.807, 2.05) is 30.3 Å². The molecule has 0 aliphatic carbocycles. The van der Waals surface area contributed by atoms with Crippen LogP contribution in [0, 0.1) is 5.82 Å². The zero-order chi connectivity index (χ0) is 16.5. The first-order valence-corrected chi connectivity index (χ1v) is 7.39. The average molecular weight is 315 g/mol. The molecule has 2 rings (SSSR count). The third-order valence-electron chi connectivity index (χ3n) is 3.20. The lowest BCUT2D eigenvalue weighted by Crippen LogP contribution is -2.16. The maximum atomic E-state index is 13.4. The summed E-state index contributed by atoms with van der Waals surface area (Å²) in [5.74, 6) is -1.37. The monoisotopic (exact) mass is 315 g/mol. The van der Waals surface area contributed by atoms with Crippen LogP contribution >= 0.6 is 0 Å². The minimum atomic E-state index is -0.508. The van der Waals surface area contributed by atoms with Gasteiger partial charge in [-0.3, -0.25) is 9.59 Å². The Balaban J connectivity index is 1.66. The van der Waals surface area contributed by atoms with E-state index in [0.29, 0.717) is 6.42 Å². The molecule has 0 aliphatic heterocycles. The van der Waals surface area contributed by atoms with Crippen LogP contribution in [-0.2, 0) is 20.7 Å². The average Bonchev–Trinajstić information content (AvgIpc) is 2.56. The van der Waals surface area contributed by atoms with Crippen molar-refractivity contribution < 1.29 is 18.7 Å². The van der Waals surface area contributed by atoms with Crippen LogP contribution in [0.4, 0.5) is 10.1 Å². The van der Waals surface area contributed by atoms with Gasteiger partial charge in [0, 0.05) is 12.8 Å². The van der Waals surface area contributed by atoms with E-state index in [1.165, 1.54) is 18.2 Å². The normalized spacial score (nSPS) is 10.1. The van der Waals surface area contributed by atoms with E-state index in [-0.39, 0.29) is 25.1 Å². The van der Waals surface area contributed by atoms with Crippen LogP contribution in [0.1, 0.15) is 18.4 Å². The fourth-order valence-electron chi connectivity index (χ4n) is 1.99. The number of carbonyl (C=O) groups is 2. The molecule has 4 nitrogen and oxygen atoms in total.